The summed E-state index contributed by atoms with van der Waals surface area (Å²) in [6, 6.07) is 16.7. The molecule has 2 aliphatic heterocycles. The lowest BCUT2D eigenvalue weighted by atomic mass is 10.0. The number of hydrogen-bond acceptors (Lipinski definition) is 3. The third-order valence-corrected chi connectivity index (χ3v) is 4.69. The minimum atomic E-state index is -0.237. The minimum Gasteiger partial charge on any atom is -0.351 e. The Morgan fingerprint density at radius 2 is 1.35 bits per heavy atom. The highest BCUT2D eigenvalue weighted by atomic mass is 16.7. The van der Waals surface area contributed by atoms with E-state index >= 15 is 0 Å². The standard InChI is InChI=1S/C19H20N2O2/c22-19(20-11-9-15-5-1-3-7-17(15)13-20)23-21-12-10-16-6-2-4-8-18(16)14-21/h1-8H,9-14H2. The Hall–Kier alpha value is -2.33. The van der Waals surface area contributed by atoms with Crippen LogP contribution in [0.1, 0.15) is 22.3 Å². The van der Waals surface area contributed by atoms with Crippen molar-refractivity contribution in [2.24, 2.45) is 0 Å². The minimum absolute atomic E-state index is 0.237. The maximum atomic E-state index is 12.5. The molecule has 0 fully saturated rings. The molecule has 0 N–H and O–H groups in total. The van der Waals surface area contributed by atoms with Gasteiger partial charge in [0.25, 0.3) is 0 Å². The number of amides is 1. The maximum absolute atomic E-state index is 12.5. The molecule has 2 aromatic carbocycles. The van der Waals surface area contributed by atoms with Gasteiger partial charge in [-0.2, -0.15) is 0 Å². The van der Waals surface area contributed by atoms with Crippen molar-refractivity contribution in [1.82, 2.24) is 9.96 Å². The van der Waals surface area contributed by atoms with E-state index in [1.165, 1.54) is 22.3 Å². The molecule has 0 spiro atoms. The van der Waals surface area contributed by atoms with Crippen molar-refractivity contribution in [3.8, 4) is 0 Å². The van der Waals surface area contributed by atoms with Gasteiger partial charge in [0, 0.05) is 19.6 Å². The molecule has 2 aromatic rings. The smallest absolute Gasteiger partial charge is 0.351 e. The van der Waals surface area contributed by atoms with Gasteiger partial charge in [0.15, 0.2) is 0 Å². The molecule has 0 radical (unpaired) electrons. The summed E-state index contributed by atoms with van der Waals surface area (Å²) in [6.07, 6.45) is 1.58. The number of nitrogens with zero attached hydrogens (tertiary/aromatic N) is 2. The van der Waals surface area contributed by atoms with E-state index in [2.05, 4.69) is 36.4 Å². The fourth-order valence-corrected chi connectivity index (χ4v) is 3.37. The second-order valence-electron chi connectivity index (χ2n) is 6.18. The van der Waals surface area contributed by atoms with E-state index in [9.17, 15) is 4.79 Å². The van der Waals surface area contributed by atoms with Gasteiger partial charge in [-0.1, -0.05) is 48.5 Å². The Balaban J connectivity index is 1.40. The van der Waals surface area contributed by atoms with Crippen LogP contribution in [0.3, 0.4) is 0 Å². The molecule has 4 nitrogen and oxygen atoms in total. The highest BCUT2D eigenvalue weighted by molar-refractivity contribution is 5.68. The lowest BCUT2D eigenvalue weighted by Gasteiger charge is -2.32. The second kappa shape index (κ2) is 6.05. The fourth-order valence-electron chi connectivity index (χ4n) is 3.37. The van der Waals surface area contributed by atoms with Gasteiger partial charge in [0.1, 0.15) is 0 Å². The van der Waals surface area contributed by atoms with Gasteiger partial charge >= 0.3 is 6.09 Å². The summed E-state index contributed by atoms with van der Waals surface area (Å²) in [4.78, 5) is 19.9. The molecule has 1 amide bonds. The van der Waals surface area contributed by atoms with Crippen molar-refractivity contribution in [3.63, 3.8) is 0 Å². The zero-order chi connectivity index (χ0) is 15.6. The molecule has 2 aliphatic rings. The lowest BCUT2D eigenvalue weighted by Crippen LogP contribution is -2.41. The third-order valence-electron chi connectivity index (χ3n) is 4.69. The van der Waals surface area contributed by atoms with Crippen LogP contribution in [-0.2, 0) is 30.8 Å². The highest BCUT2D eigenvalue weighted by Crippen LogP contribution is 2.22. The summed E-state index contributed by atoms with van der Waals surface area (Å²) in [5, 5.41) is 1.78. The number of hydrogen-bond donors (Lipinski definition) is 0. The van der Waals surface area contributed by atoms with Crippen LogP contribution < -0.4 is 0 Å². The van der Waals surface area contributed by atoms with Crippen molar-refractivity contribution in [2.45, 2.75) is 25.9 Å². The number of fused-ring (bicyclic) bond motifs is 2. The summed E-state index contributed by atoms with van der Waals surface area (Å²) in [6.45, 7) is 2.79. The van der Waals surface area contributed by atoms with Crippen LogP contribution in [0.2, 0.25) is 0 Å². The second-order valence-corrected chi connectivity index (χ2v) is 6.18. The molecule has 2 heterocycles. The van der Waals surface area contributed by atoms with Gasteiger partial charge in [-0.25, -0.2) is 4.79 Å². The van der Waals surface area contributed by atoms with E-state index in [1.54, 1.807) is 9.96 Å². The van der Waals surface area contributed by atoms with Crippen LogP contribution in [0, 0.1) is 0 Å². The average Bonchev–Trinajstić information content (AvgIpc) is 2.61. The SMILES string of the molecule is O=C(ON1CCc2ccccc2C1)N1CCc2ccccc2C1. The first-order valence-electron chi connectivity index (χ1n) is 8.15. The molecule has 0 aromatic heterocycles. The van der Waals surface area contributed by atoms with Crippen LogP contribution in [0.5, 0.6) is 0 Å². The van der Waals surface area contributed by atoms with Crippen LogP contribution in [-0.4, -0.2) is 29.1 Å². The molecular weight excluding hydrogens is 288 g/mol. The summed E-state index contributed by atoms with van der Waals surface area (Å²) in [7, 11) is 0. The maximum Gasteiger partial charge on any atom is 0.429 e. The third kappa shape index (κ3) is 2.94. The quantitative estimate of drug-likeness (QED) is 0.811. The zero-order valence-electron chi connectivity index (χ0n) is 13.1. The molecule has 0 saturated carbocycles. The largest absolute Gasteiger partial charge is 0.429 e. The summed E-state index contributed by atoms with van der Waals surface area (Å²) >= 11 is 0. The Morgan fingerprint density at radius 3 is 2.04 bits per heavy atom. The van der Waals surface area contributed by atoms with Gasteiger partial charge in [0.05, 0.1) is 6.54 Å². The van der Waals surface area contributed by atoms with Gasteiger partial charge in [-0.15, -0.1) is 5.06 Å². The number of benzene rings is 2. The first kappa shape index (κ1) is 14.3. The zero-order valence-corrected chi connectivity index (χ0v) is 13.1. The van der Waals surface area contributed by atoms with Crippen molar-refractivity contribution in [1.29, 1.82) is 0 Å². The average molecular weight is 308 g/mol. The number of rotatable bonds is 1. The van der Waals surface area contributed by atoms with E-state index in [0.29, 0.717) is 13.1 Å². The topological polar surface area (TPSA) is 32.8 Å². The van der Waals surface area contributed by atoms with Gasteiger partial charge in [-0.05, 0) is 35.1 Å². The number of hydroxylamine groups is 2. The number of carbonyl (C=O) groups is 1. The van der Waals surface area contributed by atoms with E-state index in [4.69, 9.17) is 4.84 Å². The van der Waals surface area contributed by atoms with Crippen molar-refractivity contribution in [3.05, 3.63) is 70.8 Å². The summed E-state index contributed by atoms with van der Waals surface area (Å²) < 4.78 is 0. The van der Waals surface area contributed by atoms with Gasteiger partial charge in [-0.3, -0.25) is 0 Å². The molecule has 4 heteroatoms. The van der Waals surface area contributed by atoms with E-state index in [0.717, 1.165) is 25.9 Å². The lowest BCUT2D eigenvalue weighted by molar-refractivity contribution is -0.123. The predicted octanol–water partition coefficient (Wildman–Crippen LogP) is 3.15. The Labute approximate surface area is 136 Å². The normalized spacial score (nSPS) is 17.3. The van der Waals surface area contributed by atoms with E-state index in [1.807, 2.05) is 12.1 Å². The first-order chi connectivity index (χ1) is 11.3. The molecule has 4 rings (SSSR count). The predicted molar refractivity (Wildman–Crippen MR) is 87.6 cm³/mol. The molecule has 23 heavy (non-hydrogen) atoms. The van der Waals surface area contributed by atoms with Crippen LogP contribution >= 0.6 is 0 Å². The van der Waals surface area contributed by atoms with Crippen LogP contribution in [0.25, 0.3) is 0 Å². The highest BCUT2D eigenvalue weighted by Gasteiger charge is 2.25. The summed E-state index contributed by atoms with van der Waals surface area (Å²) in [5.41, 5.74) is 5.16. The fraction of sp³-hybridized carbons (Fsp3) is 0.316. The van der Waals surface area contributed by atoms with Gasteiger partial charge < -0.3 is 9.74 Å². The van der Waals surface area contributed by atoms with Crippen molar-refractivity contribution >= 4 is 6.09 Å². The molecular formula is C19H20N2O2. The molecule has 0 aliphatic carbocycles. The van der Waals surface area contributed by atoms with E-state index < -0.39 is 0 Å². The van der Waals surface area contributed by atoms with Crippen LogP contribution in [0.15, 0.2) is 48.5 Å². The van der Waals surface area contributed by atoms with Gasteiger partial charge in [0.2, 0.25) is 0 Å². The Kier molecular flexibility index (Phi) is 3.75. The Bertz CT molecular complexity index is 729. The Morgan fingerprint density at radius 1 is 0.783 bits per heavy atom. The van der Waals surface area contributed by atoms with Crippen molar-refractivity contribution in [2.75, 3.05) is 13.1 Å². The molecule has 0 saturated heterocycles. The first-order valence-corrected chi connectivity index (χ1v) is 8.15. The molecule has 0 unspecified atom stereocenters. The number of carbonyl (C=O) groups excluding carboxylic acids is 1. The summed E-state index contributed by atoms with van der Waals surface area (Å²) in [5.74, 6) is 0. The van der Waals surface area contributed by atoms with Crippen LogP contribution in [0.4, 0.5) is 4.79 Å². The molecule has 0 atom stereocenters. The monoisotopic (exact) mass is 308 g/mol. The van der Waals surface area contributed by atoms with E-state index in [-0.39, 0.29) is 6.09 Å². The van der Waals surface area contributed by atoms with Crippen molar-refractivity contribution < 1.29 is 9.63 Å². The molecule has 118 valence electrons. The molecule has 0 bridgehead atoms.